The average molecular weight is 838 g/mol. The molecule has 0 saturated heterocycles. The number of para-hydroxylation sites is 1. The van der Waals surface area contributed by atoms with Gasteiger partial charge in [0, 0.05) is 60.9 Å². The van der Waals surface area contributed by atoms with Gasteiger partial charge in [-0.15, -0.1) is 11.8 Å². The number of nitrogens with zero attached hydrogens (tertiary/aromatic N) is 3. The van der Waals surface area contributed by atoms with Gasteiger partial charge in [-0.25, -0.2) is 15.0 Å². The van der Waals surface area contributed by atoms with Crippen molar-refractivity contribution >= 4 is 55.6 Å². The monoisotopic (exact) mass is 837 g/mol. The second-order valence-corrected chi connectivity index (χ2v) is 18.2. The summed E-state index contributed by atoms with van der Waals surface area (Å²) in [6.07, 6.45) is 22.5. The van der Waals surface area contributed by atoms with Crippen LogP contribution >= 0.6 is 11.8 Å². The quantitative estimate of drug-likeness (QED) is 0.167. The van der Waals surface area contributed by atoms with Gasteiger partial charge in [-0.05, 0) is 68.4 Å². The molecule has 1 aliphatic heterocycles. The standard InChI is InChI=1S/C59H39N3OS/c1-2-11-36(12-3-1)38-23-28-40(29-24-38)57-60-58(62-59(61-57)50-19-10-22-53-55(50)48-15-6-7-21-52(48)64-53)44-32-27-39-26-30-42(34-45(39)35-44)46-16-9-20-51-54(46)49-18-8-17-47(56(49)63-51)43-31-25-37-13-4-5-14-41(37)33-43/h1-35,37,41,53,55H. The van der Waals surface area contributed by atoms with Crippen molar-refractivity contribution in [2.24, 2.45) is 11.8 Å². The molecule has 13 rings (SSSR count). The molecule has 4 unspecified atom stereocenters. The number of fused-ring (bicyclic) bond motifs is 8. The Bertz CT molecular complexity index is 3550. The summed E-state index contributed by atoms with van der Waals surface area (Å²) in [4.78, 5) is 17.1. The molecule has 0 spiro atoms. The number of rotatable bonds is 6. The molecule has 0 radical (unpaired) electrons. The maximum absolute atomic E-state index is 6.74. The van der Waals surface area contributed by atoms with E-state index in [-0.39, 0.29) is 11.2 Å². The van der Waals surface area contributed by atoms with Crippen LogP contribution in [0.4, 0.5) is 0 Å². The zero-order valence-corrected chi connectivity index (χ0v) is 35.5. The second kappa shape index (κ2) is 15.0. The molecule has 3 aliphatic carbocycles. The minimum absolute atomic E-state index is 0.154. The summed E-state index contributed by atoms with van der Waals surface area (Å²) in [5, 5.41) is 4.78. The number of allylic oxidation sites excluding steroid dienone is 11. The molecule has 0 bridgehead atoms. The van der Waals surface area contributed by atoms with Gasteiger partial charge in [-0.3, -0.25) is 0 Å². The lowest BCUT2D eigenvalue weighted by atomic mass is 9.81. The van der Waals surface area contributed by atoms with E-state index in [4.69, 9.17) is 19.4 Å². The number of hydrogen-bond acceptors (Lipinski definition) is 5. The van der Waals surface area contributed by atoms with Gasteiger partial charge in [0.1, 0.15) is 11.2 Å². The third kappa shape index (κ3) is 6.26. The topological polar surface area (TPSA) is 51.8 Å². The molecule has 302 valence electrons. The molecule has 5 heteroatoms. The predicted octanol–water partition coefficient (Wildman–Crippen LogP) is 15.1. The number of benzene rings is 7. The normalized spacial score (nSPS) is 19.4. The summed E-state index contributed by atoms with van der Waals surface area (Å²) in [5.41, 5.74) is 13.0. The van der Waals surface area contributed by atoms with Crippen molar-refractivity contribution in [3.8, 4) is 45.0 Å². The van der Waals surface area contributed by atoms with E-state index in [9.17, 15) is 0 Å². The highest BCUT2D eigenvalue weighted by molar-refractivity contribution is 8.00. The van der Waals surface area contributed by atoms with Crippen LogP contribution in [0.1, 0.15) is 22.9 Å². The summed E-state index contributed by atoms with van der Waals surface area (Å²) < 4.78 is 6.74. The van der Waals surface area contributed by atoms with Crippen molar-refractivity contribution in [3.63, 3.8) is 0 Å². The van der Waals surface area contributed by atoms with Gasteiger partial charge in [0.25, 0.3) is 0 Å². The fraction of sp³-hybridized carbons (Fsp3) is 0.0678. The van der Waals surface area contributed by atoms with E-state index in [1.165, 1.54) is 21.6 Å². The van der Waals surface area contributed by atoms with Crippen molar-refractivity contribution in [1.29, 1.82) is 0 Å². The predicted molar refractivity (Wildman–Crippen MR) is 265 cm³/mol. The highest BCUT2D eigenvalue weighted by Gasteiger charge is 2.37. The highest BCUT2D eigenvalue weighted by Crippen LogP contribution is 2.53. The number of furan rings is 1. The van der Waals surface area contributed by atoms with E-state index in [2.05, 4.69) is 206 Å². The fourth-order valence-corrected chi connectivity index (χ4v) is 11.4. The molecule has 9 aromatic rings. The summed E-state index contributed by atoms with van der Waals surface area (Å²) in [7, 11) is 0. The smallest absolute Gasteiger partial charge is 0.164 e. The second-order valence-electron chi connectivity index (χ2n) is 17.0. The lowest BCUT2D eigenvalue weighted by molar-refractivity contribution is 0.659. The molecule has 2 aromatic heterocycles. The molecule has 4 nitrogen and oxygen atoms in total. The van der Waals surface area contributed by atoms with Gasteiger partial charge in [-0.1, -0.05) is 188 Å². The molecule has 0 fully saturated rings. The van der Waals surface area contributed by atoms with Crippen molar-refractivity contribution in [2.45, 2.75) is 16.1 Å². The third-order valence-corrected chi connectivity index (χ3v) is 14.6. The van der Waals surface area contributed by atoms with Gasteiger partial charge < -0.3 is 4.42 Å². The molecule has 7 aromatic carbocycles. The van der Waals surface area contributed by atoms with E-state index in [0.717, 1.165) is 71.7 Å². The van der Waals surface area contributed by atoms with Crippen molar-refractivity contribution < 1.29 is 4.42 Å². The summed E-state index contributed by atoms with van der Waals surface area (Å²) >= 11 is 1.92. The Hall–Kier alpha value is -7.60. The van der Waals surface area contributed by atoms with Crippen LogP contribution < -0.4 is 0 Å². The Morgan fingerprint density at radius 2 is 1.20 bits per heavy atom. The number of aromatic nitrogens is 3. The largest absolute Gasteiger partial charge is 0.455 e. The highest BCUT2D eigenvalue weighted by atomic mass is 32.2. The Kier molecular flexibility index (Phi) is 8.70. The molecular weight excluding hydrogens is 799 g/mol. The molecule has 4 aliphatic rings. The first kappa shape index (κ1) is 37.0. The van der Waals surface area contributed by atoms with Gasteiger partial charge in [0.2, 0.25) is 0 Å². The summed E-state index contributed by atoms with van der Waals surface area (Å²) in [6.45, 7) is 0. The number of hydrogen-bond donors (Lipinski definition) is 0. The van der Waals surface area contributed by atoms with E-state index in [1.54, 1.807) is 0 Å². The van der Waals surface area contributed by atoms with Crippen molar-refractivity contribution in [1.82, 2.24) is 15.0 Å². The van der Waals surface area contributed by atoms with Crippen LogP contribution in [-0.4, -0.2) is 20.2 Å². The first-order chi connectivity index (χ1) is 31.7. The van der Waals surface area contributed by atoms with Crippen LogP contribution in [0.3, 0.4) is 0 Å². The van der Waals surface area contributed by atoms with Crippen LogP contribution in [0, 0.1) is 11.8 Å². The zero-order valence-electron chi connectivity index (χ0n) is 34.7. The molecule has 64 heavy (non-hydrogen) atoms. The fourth-order valence-electron chi connectivity index (χ4n) is 10.0. The van der Waals surface area contributed by atoms with E-state index in [0.29, 0.717) is 29.3 Å². The van der Waals surface area contributed by atoms with Gasteiger partial charge in [0.05, 0.1) is 0 Å². The summed E-state index contributed by atoms with van der Waals surface area (Å²) in [6, 6.07) is 54.0. The Morgan fingerprint density at radius 3 is 2.09 bits per heavy atom. The van der Waals surface area contributed by atoms with Crippen LogP contribution in [0.25, 0.3) is 88.9 Å². The van der Waals surface area contributed by atoms with Gasteiger partial charge in [-0.2, -0.15) is 0 Å². The Morgan fingerprint density at radius 1 is 0.500 bits per heavy atom. The van der Waals surface area contributed by atoms with E-state index in [1.807, 2.05) is 17.8 Å². The zero-order chi connectivity index (χ0) is 42.1. The molecular formula is C59H39N3OS. The third-order valence-electron chi connectivity index (χ3n) is 13.2. The molecule has 0 saturated carbocycles. The van der Waals surface area contributed by atoms with Crippen LogP contribution in [0.5, 0.6) is 0 Å². The lowest BCUT2D eigenvalue weighted by Crippen LogP contribution is -2.15. The summed E-state index contributed by atoms with van der Waals surface area (Å²) in [5.74, 6) is 2.92. The maximum atomic E-state index is 6.74. The SMILES string of the molecule is C1=CC2C=CC(c3cccc4c3oc3cccc(-c5ccc6ccc(-c7nc(C8=CC=CC9Sc%10ccccc%10C89)nc(-c8ccc(-c9ccccc9)cc8)n7)cc6c5)c34)=CC2C=C1. The van der Waals surface area contributed by atoms with Crippen LogP contribution in [0.2, 0.25) is 0 Å². The van der Waals surface area contributed by atoms with Gasteiger partial charge >= 0.3 is 0 Å². The van der Waals surface area contributed by atoms with Gasteiger partial charge in [0.15, 0.2) is 17.5 Å². The van der Waals surface area contributed by atoms with Crippen molar-refractivity contribution in [2.75, 3.05) is 0 Å². The molecule has 3 heterocycles. The lowest BCUT2D eigenvalue weighted by Gasteiger charge is -2.23. The first-order valence-electron chi connectivity index (χ1n) is 22.0. The van der Waals surface area contributed by atoms with Crippen molar-refractivity contribution in [3.05, 3.63) is 229 Å². The molecule has 0 N–H and O–H groups in total. The van der Waals surface area contributed by atoms with Crippen LogP contribution in [0.15, 0.2) is 222 Å². The minimum atomic E-state index is 0.154. The first-order valence-corrected chi connectivity index (χ1v) is 22.9. The average Bonchev–Trinajstić information content (AvgIpc) is 3.95. The minimum Gasteiger partial charge on any atom is -0.455 e. The van der Waals surface area contributed by atoms with E-state index >= 15 is 0 Å². The Balaban J connectivity index is 0.918. The maximum Gasteiger partial charge on any atom is 0.164 e. The molecule has 0 amide bonds. The number of thioether (sulfide) groups is 1. The van der Waals surface area contributed by atoms with E-state index < -0.39 is 0 Å². The Labute approximate surface area is 375 Å². The molecule has 4 atom stereocenters. The van der Waals surface area contributed by atoms with Crippen LogP contribution in [-0.2, 0) is 0 Å².